The van der Waals surface area contributed by atoms with Crippen molar-refractivity contribution < 1.29 is 9.59 Å². The van der Waals surface area contributed by atoms with Gasteiger partial charge in [-0.3, -0.25) is 25.5 Å². The number of hydrogen-bond acceptors (Lipinski definition) is 5. The minimum atomic E-state index is -0.483. The van der Waals surface area contributed by atoms with Crippen LogP contribution in [0.1, 0.15) is 20.2 Å². The molecule has 3 aromatic rings. The van der Waals surface area contributed by atoms with E-state index >= 15 is 0 Å². The average Bonchev–Trinajstić information content (AvgIpc) is 3.23. The lowest BCUT2D eigenvalue weighted by Gasteiger charge is -2.03. The molecule has 0 spiro atoms. The van der Waals surface area contributed by atoms with E-state index in [2.05, 4.69) is 37.0 Å². The maximum absolute atomic E-state index is 12.0. The van der Waals surface area contributed by atoms with Gasteiger partial charge in [-0.25, -0.2) is 0 Å². The van der Waals surface area contributed by atoms with Crippen LogP contribution < -0.4 is 10.9 Å². The van der Waals surface area contributed by atoms with E-state index in [9.17, 15) is 9.59 Å². The summed E-state index contributed by atoms with van der Waals surface area (Å²) in [6.07, 6.45) is 0. The van der Waals surface area contributed by atoms with Crippen LogP contribution in [0.5, 0.6) is 0 Å². The van der Waals surface area contributed by atoms with Crippen LogP contribution in [0.25, 0.3) is 10.6 Å². The van der Waals surface area contributed by atoms with E-state index in [-0.39, 0.29) is 11.6 Å². The number of hydrogen-bond donors (Lipinski definition) is 3. The zero-order valence-corrected chi connectivity index (χ0v) is 14.1. The Kier molecular flexibility index (Phi) is 4.36. The molecule has 3 heterocycles. The number of halogens is 1. The molecule has 22 heavy (non-hydrogen) atoms. The van der Waals surface area contributed by atoms with Crippen molar-refractivity contribution >= 4 is 50.4 Å². The van der Waals surface area contributed by atoms with Gasteiger partial charge in [0.15, 0.2) is 5.69 Å². The third-order valence-corrected chi connectivity index (χ3v) is 5.21. The molecule has 0 atom stereocenters. The first-order valence-electron chi connectivity index (χ1n) is 6.09. The Morgan fingerprint density at radius 1 is 1.18 bits per heavy atom. The van der Waals surface area contributed by atoms with Gasteiger partial charge in [-0.05, 0) is 45.6 Å². The highest BCUT2D eigenvalue weighted by molar-refractivity contribution is 9.11. The fourth-order valence-corrected chi connectivity index (χ4v) is 3.65. The van der Waals surface area contributed by atoms with Crippen LogP contribution in [0.3, 0.4) is 0 Å². The van der Waals surface area contributed by atoms with Gasteiger partial charge in [0.2, 0.25) is 0 Å². The van der Waals surface area contributed by atoms with Crippen molar-refractivity contribution in [2.24, 2.45) is 0 Å². The van der Waals surface area contributed by atoms with Crippen molar-refractivity contribution in [3.8, 4) is 10.6 Å². The van der Waals surface area contributed by atoms with Crippen molar-refractivity contribution in [2.75, 3.05) is 0 Å². The summed E-state index contributed by atoms with van der Waals surface area (Å²) in [5.74, 6) is -0.860. The number of nitrogens with one attached hydrogen (secondary N) is 3. The van der Waals surface area contributed by atoms with Crippen molar-refractivity contribution in [3.63, 3.8) is 0 Å². The number of H-pyrrole nitrogens is 1. The quantitative estimate of drug-likeness (QED) is 0.594. The Labute approximate surface area is 141 Å². The second kappa shape index (κ2) is 6.42. The molecule has 3 N–H and O–H groups in total. The van der Waals surface area contributed by atoms with E-state index < -0.39 is 5.91 Å². The molecule has 0 saturated carbocycles. The van der Waals surface area contributed by atoms with Gasteiger partial charge in [-0.15, -0.1) is 22.7 Å². The second-order valence-corrected chi connectivity index (χ2v) is 7.57. The minimum absolute atomic E-state index is 0.205. The summed E-state index contributed by atoms with van der Waals surface area (Å²) < 4.78 is 0.844. The summed E-state index contributed by atoms with van der Waals surface area (Å²) in [5.41, 5.74) is 5.66. The molecule has 0 aromatic carbocycles. The van der Waals surface area contributed by atoms with E-state index in [1.807, 2.05) is 17.5 Å². The van der Waals surface area contributed by atoms with Crippen LogP contribution >= 0.6 is 38.6 Å². The standard InChI is InChI=1S/C13H9BrN4O2S2/c14-11-4-3-10(22-11)13(20)18-17-12(19)8-6-7(15-16-8)9-2-1-5-21-9/h1-6H,(H,15,16)(H,17,19)(H,18,20). The number of nitrogens with zero attached hydrogens (tertiary/aromatic N) is 1. The highest BCUT2D eigenvalue weighted by Crippen LogP contribution is 2.23. The number of amides is 2. The van der Waals surface area contributed by atoms with E-state index in [0.717, 1.165) is 14.4 Å². The Morgan fingerprint density at radius 3 is 2.68 bits per heavy atom. The summed E-state index contributed by atoms with van der Waals surface area (Å²) in [4.78, 5) is 25.3. The van der Waals surface area contributed by atoms with E-state index in [1.165, 1.54) is 11.3 Å². The second-order valence-electron chi connectivity index (χ2n) is 4.16. The van der Waals surface area contributed by atoms with Gasteiger partial charge in [-0.2, -0.15) is 5.10 Å². The molecule has 0 fully saturated rings. The lowest BCUT2D eigenvalue weighted by molar-refractivity contribution is 0.0846. The summed E-state index contributed by atoms with van der Waals surface area (Å²) in [6, 6.07) is 8.91. The number of hydrazine groups is 1. The van der Waals surface area contributed by atoms with Crippen LogP contribution in [0.4, 0.5) is 0 Å². The molecule has 9 heteroatoms. The highest BCUT2D eigenvalue weighted by atomic mass is 79.9. The predicted molar refractivity (Wildman–Crippen MR) is 88.9 cm³/mol. The first-order valence-corrected chi connectivity index (χ1v) is 8.58. The van der Waals surface area contributed by atoms with E-state index in [1.54, 1.807) is 29.5 Å². The number of aromatic amines is 1. The molecule has 3 rings (SSSR count). The first-order chi connectivity index (χ1) is 10.6. The van der Waals surface area contributed by atoms with Gasteiger partial charge < -0.3 is 0 Å². The molecular weight excluding hydrogens is 388 g/mol. The van der Waals surface area contributed by atoms with Gasteiger partial charge in [0.05, 0.1) is 19.2 Å². The predicted octanol–water partition coefficient (Wildman–Crippen LogP) is 3.04. The average molecular weight is 397 g/mol. The number of carbonyl (C=O) groups excluding carboxylic acids is 2. The van der Waals surface area contributed by atoms with E-state index in [4.69, 9.17) is 0 Å². The maximum Gasteiger partial charge on any atom is 0.290 e. The van der Waals surface area contributed by atoms with Gasteiger partial charge >= 0.3 is 0 Å². The number of aromatic nitrogens is 2. The Morgan fingerprint density at radius 2 is 2.00 bits per heavy atom. The number of thiophene rings is 2. The molecule has 112 valence electrons. The van der Waals surface area contributed by atoms with Crippen molar-refractivity contribution in [3.05, 3.63) is 50.1 Å². The molecule has 0 bridgehead atoms. The maximum atomic E-state index is 12.0. The van der Waals surface area contributed by atoms with Gasteiger partial charge in [-0.1, -0.05) is 6.07 Å². The summed E-state index contributed by atoms with van der Waals surface area (Å²) >= 11 is 6.10. The largest absolute Gasteiger partial charge is 0.290 e. The third-order valence-electron chi connectivity index (χ3n) is 2.68. The Hall–Kier alpha value is -1.97. The van der Waals surface area contributed by atoms with Gasteiger partial charge in [0, 0.05) is 0 Å². The fourth-order valence-electron chi connectivity index (χ4n) is 1.67. The summed E-state index contributed by atoms with van der Waals surface area (Å²) in [5, 5.41) is 8.67. The first kappa shape index (κ1) is 14.9. The molecule has 0 radical (unpaired) electrons. The van der Waals surface area contributed by atoms with Crippen LogP contribution in [0.15, 0.2) is 39.5 Å². The molecular formula is C13H9BrN4O2S2. The fraction of sp³-hybridized carbons (Fsp3) is 0. The van der Waals surface area contributed by atoms with Gasteiger partial charge in [0.25, 0.3) is 11.8 Å². The van der Waals surface area contributed by atoms with Crippen LogP contribution in [0.2, 0.25) is 0 Å². The van der Waals surface area contributed by atoms with Crippen LogP contribution in [-0.4, -0.2) is 22.0 Å². The lowest BCUT2D eigenvalue weighted by Crippen LogP contribution is -2.41. The SMILES string of the molecule is O=C(NNC(=O)c1ccc(Br)s1)c1cc(-c2cccs2)[nH]n1. The third kappa shape index (κ3) is 3.26. The highest BCUT2D eigenvalue weighted by Gasteiger charge is 2.14. The van der Waals surface area contributed by atoms with Crippen molar-refractivity contribution in [1.29, 1.82) is 0 Å². The molecule has 0 aliphatic rings. The van der Waals surface area contributed by atoms with Crippen molar-refractivity contribution in [1.82, 2.24) is 21.0 Å². The van der Waals surface area contributed by atoms with Gasteiger partial charge in [0.1, 0.15) is 0 Å². The minimum Gasteiger partial charge on any atom is -0.276 e. The normalized spacial score (nSPS) is 10.4. The van der Waals surface area contributed by atoms with Crippen LogP contribution in [0, 0.1) is 0 Å². The Bertz CT molecular complexity index is 810. The molecule has 0 unspecified atom stereocenters. The lowest BCUT2D eigenvalue weighted by atomic mass is 10.3. The zero-order chi connectivity index (χ0) is 15.5. The molecule has 0 saturated heterocycles. The summed E-state index contributed by atoms with van der Waals surface area (Å²) in [6.45, 7) is 0. The van der Waals surface area contributed by atoms with Crippen LogP contribution in [-0.2, 0) is 0 Å². The molecule has 2 amide bonds. The molecule has 0 aliphatic heterocycles. The molecule has 0 aliphatic carbocycles. The zero-order valence-electron chi connectivity index (χ0n) is 10.9. The number of rotatable bonds is 3. The smallest absolute Gasteiger partial charge is 0.276 e. The van der Waals surface area contributed by atoms with E-state index in [0.29, 0.717) is 4.88 Å². The monoisotopic (exact) mass is 396 g/mol. The summed E-state index contributed by atoms with van der Waals surface area (Å²) in [7, 11) is 0. The molecule has 6 nitrogen and oxygen atoms in total. The van der Waals surface area contributed by atoms with Crippen molar-refractivity contribution in [2.45, 2.75) is 0 Å². The number of carbonyl (C=O) groups is 2. The topological polar surface area (TPSA) is 86.9 Å². The molecule has 3 aromatic heterocycles. The Balaban J connectivity index is 1.61.